The van der Waals surface area contributed by atoms with Crippen molar-refractivity contribution in [2.75, 3.05) is 9.80 Å². The molecule has 0 bridgehead atoms. The van der Waals surface area contributed by atoms with Crippen molar-refractivity contribution in [2.24, 2.45) is 0 Å². The van der Waals surface area contributed by atoms with Crippen molar-refractivity contribution >= 4 is 98.7 Å². The molecule has 9 heteroatoms. The normalized spacial score (nSPS) is 14.1. The molecular weight excluding hydrogens is 692 g/mol. The van der Waals surface area contributed by atoms with Crippen molar-refractivity contribution in [1.82, 2.24) is 0 Å². The summed E-state index contributed by atoms with van der Waals surface area (Å²) in [6, 6.07) is 36.8. The van der Waals surface area contributed by atoms with Gasteiger partial charge >= 0.3 is 6.36 Å². The van der Waals surface area contributed by atoms with Crippen LogP contribution in [0.3, 0.4) is 0 Å². The maximum atomic E-state index is 14.2. The summed E-state index contributed by atoms with van der Waals surface area (Å²) in [7, 11) is 0. The smallest absolute Gasteiger partial charge is 0.406 e. The molecule has 260 valence electrons. The summed E-state index contributed by atoms with van der Waals surface area (Å²) in [4.78, 5) is 4.33. The van der Waals surface area contributed by atoms with Gasteiger partial charge in [-0.2, -0.15) is 0 Å². The molecule has 0 fully saturated rings. The molecule has 5 aromatic carbocycles. The highest BCUT2D eigenvalue weighted by Gasteiger charge is 2.48. The molecule has 2 aliphatic heterocycles. The number of thiophene rings is 2. The molecule has 0 saturated heterocycles. The van der Waals surface area contributed by atoms with Crippen LogP contribution in [0.2, 0.25) is 0 Å². The quantitative estimate of drug-likeness (QED) is 0.169. The van der Waals surface area contributed by atoms with E-state index in [1.807, 2.05) is 12.1 Å². The lowest BCUT2D eigenvalue weighted by molar-refractivity contribution is -0.274. The molecule has 0 spiro atoms. The Morgan fingerprint density at radius 1 is 0.558 bits per heavy atom. The largest absolute Gasteiger partial charge is 0.573 e. The Hall–Kier alpha value is -4.73. The molecule has 9 rings (SSSR count). The third kappa shape index (κ3) is 5.23. The summed E-state index contributed by atoms with van der Waals surface area (Å²) in [5, 5.41) is 2.14. The number of hydrogen-bond donors (Lipinski definition) is 0. The number of nitrogens with zero attached hydrogens (tertiary/aromatic N) is 2. The lowest BCUT2D eigenvalue weighted by Gasteiger charge is -2.42. The van der Waals surface area contributed by atoms with E-state index in [1.54, 1.807) is 34.8 Å². The van der Waals surface area contributed by atoms with Crippen molar-refractivity contribution in [1.29, 1.82) is 0 Å². The van der Waals surface area contributed by atoms with Gasteiger partial charge in [-0.15, -0.1) is 35.8 Å². The zero-order chi connectivity index (χ0) is 36.3. The second-order valence-electron chi connectivity index (χ2n) is 15.7. The number of rotatable bonds is 3. The van der Waals surface area contributed by atoms with Crippen LogP contribution in [0.15, 0.2) is 109 Å². The van der Waals surface area contributed by atoms with Gasteiger partial charge in [0, 0.05) is 64.6 Å². The fraction of sp³-hybridized carbons (Fsp3) is 0.209. The fourth-order valence-electron chi connectivity index (χ4n) is 7.79. The van der Waals surface area contributed by atoms with E-state index in [9.17, 15) is 13.2 Å². The average molecular weight is 729 g/mol. The first-order valence-electron chi connectivity index (χ1n) is 17.5. The van der Waals surface area contributed by atoms with Crippen LogP contribution in [0.1, 0.15) is 52.7 Å². The molecule has 0 saturated carbocycles. The van der Waals surface area contributed by atoms with Crippen LogP contribution in [-0.4, -0.2) is 13.1 Å². The van der Waals surface area contributed by atoms with Crippen molar-refractivity contribution in [3.63, 3.8) is 0 Å². The molecular formula is C43H36BF3N2OS2. The van der Waals surface area contributed by atoms with Gasteiger partial charge in [-0.25, -0.2) is 0 Å². The predicted octanol–water partition coefficient (Wildman–Crippen LogP) is 11.7. The first-order chi connectivity index (χ1) is 24.7. The molecule has 2 aliphatic rings. The minimum atomic E-state index is -4.87. The van der Waals surface area contributed by atoms with E-state index >= 15 is 0 Å². The fourth-order valence-corrected chi connectivity index (χ4v) is 10.5. The Balaban J connectivity index is 1.40. The number of alkyl halides is 3. The van der Waals surface area contributed by atoms with Gasteiger partial charge in [0.25, 0.3) is 6.71 Å². The molecule has 0 radical (unpaired) electrons. The van der Waals surface area contributed by atoms with Crippen LogP contribution in [0.4, 0.5) is 47.3 Å². The third-order valence-corrected chi connectivity index (χ3v) is 12.7. The van der Waals surface area contributed by atoms with Crippen LogP contribution in [0, 0.1) is 0 Å². The van der Waals surface area contributed by atoms with Crippen LogP contribution in [-0.2, 0) is 10.8 Å². The number of benzene rings is 5. The summed E-state index contributed by atoms with van der Waals surface area (Å²) in [5.41, 5.74) is 8.32. The lowest BCUT2D eigenvalue weighted by atomic mass is 9.39. The van der Waals surface area contributed by atoms with Crippen LogP contribution >= 0.6 is 22.7 Å². The second-order valence-corrected chi connectivity index (χ2v) is 17.9. The summed E-state index contributed by atoms with van der Waals surface area (Å²) in [6.45, 7) is 12.9. The average Bonchev–Trinajstić information content (AvgIpc) is 3.66. The Labute approximate surface area is 310 Å². The van der Waals surface area contributed by atoms with Gasteiger partial charge in [0.2, 0.25) is 0 Å². The number of fused-ring (bicyclic) bond motifs is 8. The highest BCUT2D eigenvalue weighted by atomic mass is 32.1. The highest BCUT2D eigenvalue weighted by Crippen LogP contribution is 2.51. The summed E-state index contributed by atoms with van der Waals surface area (Å²) in [6.07, 6.45) is -4.87. The maximum absolute atomic E-state index is 14.2. The van der Waals surface area contributed by atoms with Crippen LogP contribution in [0.25, 0.3) is 20.2 Å². The van der Waals surface area contributed by atoms with Crippen molar-refractivity contribution in [3.05, 3.63) is 120 Å². The maximum Gasteiger partial charge on any atom is 0.573 e. The van der Waals surface area contributed by atoms with Gasteiger partial charge < -0.3 is 14.5 Å². The van der Waals surface area contributed by atoms with E-state index in [-0.39, 0.29) is 23.3 Å². The Morgan fingerprint density at radius 3 is 1.35 bits per heavy atom. The Kier molecular flexibility index (Phi) is 7.25. The minimum absolute atomic E-state index is 0.0635. The predicted molar refractivity (Wildman–Crippen MR) is 215 cm³/mol. The molecule has 52 heavy (non-hydrogen) atoms. The summed E-state index contributed by atoms with van der Waals surface area (Å²) < 4.78 is 52.1. The van der Waals surface area contributed by atoms with Gasteiger partial charge in [0.15, 0.2) is 0 Å². The Morgan fingerprint density at radius 2 is 0.962 bits per heavy atom. The highest BCUT2D eigenvalue weighted by molar-refractivity contribution is 7.40. The van der Waals surface area contributed by atoms with Crippen molar-refractivity contribution in [2.45, 2.75) is 58.7 Å². The topological polar surface area (TPSA) is 15.7 Å². The summed E-state index contributed by atoms with van der Waals surface area (Å²) >= 11 is 3.54. The second kappa shape index (κ2) is 11.4. The van der Waals surface area contributed by atoms with Crippen LogP contribution in [0.5, 0.6) is 5.75 Å². The van der Waals surface area contributed by atoms with E-state index in [0.29, 0.717) is 11.4 Å². The molecule has 4 heterocycles. The van der Waals surface area contributed by atoms with Crippen molar-refractivity contribution in [3.8, 4) is 5.75 Å². The molecule has 0 unspecified atom stereocenters. The van der Waals surface area contributed by atoms with Gasteiger partial charge in [-0.1, -0.05) is 102 Å². The molecule has 0 aliphatic carbocycles. The molecule has 0 N–H and O–H groups in total. The van der Waals surface area contributed by atoms with Gasteiger partial charge in [-0.05, 0) is 63.8 Å². The summed E-state index contributed by atoms with van der Waals surface area (Å²) in [5.74, 6) is -0.251. The van der Waals surface area contributed by atoms with E-state index in [2.05, 4.69) is 136 Å². The molecule has 0 atom stereocenters. The van der Waals surface area contributed by atoms with E-state index in [1.165, 1.54) is 20.7 Å². The number of ether oxygens (including phenoxy) is 1. The van der Waals surface area contributed by atoms with Gasteiger partial charge in [-0.3, -0.25) is 0 Å². The van der Waals surface area contributed by atoms with Crippen LogP contribution < -0.4 is 29.6 Å². The zero-order valence-corrected chi connectivity index (χ0v) is 31.4. The first-order valence-corrected chi connectivity index (χ1v) is 19.1. The van der Waals surface area contributed by atoms with E-state index in [0.717, 1.165) is 48.4 Å². The first kappa shape index (κ1) is 33.1. The molecule has 3 nitrogen and oxygen atoms in total. The van der Waals surface area contributed by atoms with E-state index in [4.69, 9.17) is 4.74 Å². The number of hydrogen-bond acceptors (Lipinski definition) is 5. The number of anilines is 6. The van der Waals surface area contributed by atoms with Crippen molar-refractivity contribution < 1.29 is 17.9 Å². The molecule has 0 amide bonds. The minimum Gasteiger partial charge on any atom is -0.406 e. The van der Waals surface area contributed by atoms with E-state index < -0.39 is 6.36 Å². The standard InChI is InChI=1S/C43H36BF3N2OS2/c1-41(2,3)25-15-19-27(20-16-25)48-32-23-29(50-43(45,46)47)24-33-36(32)44(39-37(48)30-11-7-9-13-34(30)51-39)40-38(31-12-8-10-14-35(31)52-40)49(33)28-21-17-26(18-22-28)42(4,5)6/h7-24H,1-6H3. The zero-order valence-electron chi connectivity index (χ0n) is 29.7. The monoisotopic (exact) mass is 728 g/mol. The van der Waals surface area contributed by atoms with Gasteiger partial charge in [0.1, 0.15) is 5.75 Å². The van der Waals surface area contributed by atoms with Gasteiger partial charge in [0.05, 0.1) is 11.4 Å². The lowest BCUT2D eigenvalue weighted by Crippen LogP contribution is -2.59. The SMILES string of the molecule is CC(C)(C)c1ccc(N2c3cc(OC(F)(F)F)cc4c3B(c3sc5ccccc5c32)c2sc3ccccc3c2N4c2ccc(C(C)(C)C)cc2)cc1. The molecule has 2 aromatic heterocycles. The number of halogens is 3. The third-order valence-electron chi connectivity index (χ3n) is 10.3. The Bertz CT molecular complexity index is 2360. The molecule has 7 aromatic rings.